The molecule has 0 saturated heterocycles. The first kappa shape index (κ1) is 40.9. The van der Waals surface area contributed by atoms with Crippen LogP contribution < -0.4 is 14.7 Å². The topological polar surface area (TPSA) is 95.8 Å². The van der Waals surface area contributed by atoms with Gasteiger partial charge in [-0.1, -0.05) is 17.7 Å². The fourth-order valence-corrected chi connectivity index (χ4v) is 6.70. The van der Waals surface area contributed by atoms with Crippen molar-refractivity contribution in [2.24, 2.45) is 0 Å². The standard InChI is InChI=1S/C16H21N3.C13H15ClFN3.C13H15F2N3/c1-12(2)19(10-15-9-17-11-18-15)16-7-6-13-4-3-5-14(13)8-16;1-9(2)18(7-12-6-16-8-17-12)13-4-10(14)3-11(15)5-13;1-9(2)18(7-10-6-16-8-17-10)11-3-4-12(14)13(15)5-11/h6-9,11-12H,3-5,10H2,1-2H3,(H,17,18);2*3-6,8-9H,7H2,1-2H3,(H,16,17). The summed E-state index contributed by atoms with van der Waals surface area (Å²) in [4.78, 5) is 27.7. The summed E-state index contributed by atoms with van der Waals surface area (Å²) in [6.45, 7) is 14.7. The Kier molecular flexibility index (Phi) is 14.4. The first-order valence-corrected chi connectivity index (χ1v) is 19.0. The summed E-state index contributed by atoms with van der Waals surface area (Å²) >= 11 is 5.89. The van der Waals surface area contributed by atoms with Crippen LogP contribution in [-0.4, -0.2) is 48.0 Å². The minimum Gasteiger partial charge on any atom is -0.363 e. The van der Waals surface area contributed by atoms with E-state index in [2.05, 4.69) is 85.6 Å². The van der Waals surface area contributed by atoms with E-state index < -0.39 is 11.6 Å². The van der Waals surface area contributed by atoms with Gasteiger partial charge in [-0.3, -0.25) is 0 Å². The van der Waals surface area contributed by atoms with Crippen LogP contribution in [0.2, 0.25) is 5.02 Å². The van der Waals surface area contributed by atoms with Gasteiger partial charge >= 0.3 is 0 Å². The van der Waals surface area contributed by atoms with E-state index >= 15 is 0 Å². The van der Waals surface area contributed by atoms with Gasteiger partial charge in [0.25, 0.3) is 0 Å². The van der Waals surface area contributed by atoms with E-state index in [1.54, 1.807) is 43.5 Å². The molecule has 3 heterocycles. The van der Waals surface area contributed by atoms with E-state index in [1.165, 1.54) is 54.3 Å². The van der Waals surface area contributed by atoms with Crippen molar-refractivity contribution in [3.8, 4) is 0 Å². The van der Waals surface area contributed by atoms with Crippen LogP contribution in [0.4, 0.5) is 30.2 Å². The second kappa shape index (κ2) is 19.4. The number of H-pyrrole nitrogens is 3. The van der Waals surface area contributed by atoms with Crippen LogP contribution in [0.5, 0.6) is 0 Å². The monoisotopic (exact) mass is 773 g/mol. The van der Waals surface area contributed by atoms with E-state index in [0.717, 1.165) is 35.4 Å². The number of fused-ring (bicyclic) bond motifs is 1. The normalized spacial score (nSPS) is 11.9. The lowest BCUT2D eigenvalue weighted by Crippen LogP contribution is -2.30. The van der Waals surface area contributed by atoms with Gasteiger partial charge in [0.05, 0.1) is 55.7 Å². The third kappa shape index (κ3) is 11.6. The molecule has 3 aromatic carbocycles. The zero-order valence-electron chi connectivity index (χ0n) is 32.3. The van der Waals surface area contributed by atoms with Crippen LogP contribution >= 0.6 is 11.6 Å². The molecule has 9 nitrogen and oxygen atoms in total. The van der Waals surface area contributed by atoms with Gasteiger partial charge in [-0.2, -0.15) is 0 Å². The van der Waals surface area contributed by atoms with E-state index in [0.29, 0.717) is 29.8 Å². The number of aromatic amines is 3. The van der Waals surface area contributed by atoms with Gasteiger partial charge in [0.15, 0.2) is 11.6 Å². The first-order chi connectivity index (χ1) is 26.4. The highest BCUT2D eigenvalue weighted by molar-refractivity contribution is 6.30. The van der Waals surface area contributed by atoms with Crippen molar-refractivity contribution in [2.45, 2.75) is 98.6 Å². The Morgan fingerprint density at radius 2 is 1.04 bits per heavy atom. The smallest absolute Gasteiger partial charge is 0.160 e. The second-order valence-corrected chi connectivity index (χ2v) is 14.9. The van der Waals surface area contributed by atoms with Crippen LogP contribution in [0, 0.1) is 17.5 Å². The van der Waals surface area contributed by atoms with Crippen molar-refractivity contribution in [1.82, 2.24) is 29.9 Å². The number of anilines is 3. The number of benzene rings is 3. The molecular weight excluding hydrogens is 723 g/mol. The Morgan fingerprint density at radius 3 is 1.49 bits per heavy atom. The number of nitrogens with zero attached hydrogens (tertiary/aromatic N) is 6. The highest BCUT2D eigenvalue weighted by atomic mass is 35.5. The molecular formula is C42H51ClF3N9. The molecule has 7 rings (SSSR count). The molecule has 0 unspecified atom stereocenters. The molecule has 0 saturated carbocycles. The molecule has 3 aromatic heterocycles. The van der Waals surface area contributed by atoms with E-state index in [4.69, 9.17) is 11.6 Å². The molecule has 3 N–H and O–H groups in total. The lowest BCUT2D eigenvalue weighted by atomic mass is 10.1. The van der Waals surface area contributed by atoms with Gasteiger partial charge in [-0.05, 0) is 114 Å². The number of nitrogens with one attached hydrogen (secondary N) is 3. The molecule has 292 valence electrons. The molecule has 0 spiro atoms. The molecule has 0 aliphatic heterocycles. The van der Waals surface area contributed by atoms with Gasteiger partial charge in [0.1, 0.15) is 5.82 Å². The molecule has 1 aliphatic carbocycles. The quantitative estimate of drug-likeness (QED) is 0.115. The number of aryl methyl sites for hydroxylation is 2. The molecule has 0 atom stereocenters. The maximum Gasteiger partial charge on any atom is 0.160 e. The molecule has 0 amide bonds. The maximum absolute atomic E-state index is 13.4. The summed E-state index contributed by atoms with van der Waals surface area (Å²) in [5.41, 5.74) is 8.88. The Bertz CT molecular complexity index is 2010. The first-order valence-electron chi connectivity index (χ1n) is 18.6. The van der Waals surface area contributed by atoms with Crippen molar-refractivity contribution in [3.05, 3.63) is 143 Å². The van der Waals surface area contributed by atoms with E-state index in [9.17, 15) is 13.2 Å². The number of imidazole rings is 3. The van der Waals surface area contributed by atoms with Crippen molar-refractivity contribution in [2.75, 3.05) is 14.7 Å². The summed E-state index contributed by atoms with van der Waals surface area (Å²) in [5.74, 6) is -1.99. The van der Waals surface area contributed by atoms with Gasteiger partial charge < -0.3 is 29.7 Å². The largest absolute Gasteiger partial charge is 0.363 e. The maximum atomic E-state index is 13.4. The Hall–Kier alpha value is -5.23. The van der Waals surface area contributed by atoms with Crippen molar-refractivity contribution in [1.29, 1.82) is 0 Å². The number of rotatable bonds is 12. The van der Waals surface area contributed by atoms with Crippen LogP contribution in [0.25, 0.3) is 0 Å². The Morgan fingerprint density at radius 1 is 0.564 bits per heavy atom. The highest BCUT2D eigenvalue weighted by Gasteiger charge is 2.18. The number of hydrogen-bond donors (Lipinski definition) is 3. The second-order valence-electron chi connectivity index (χ2n) is 14.4. The van der Waals surface area contributed by atoms with Gasteiger partial charge in [-0.25, -0.2) is 28.1 Å². The van der Waals surface area contributed by atoms with E-state index in [1.807, 2.05) is 24.9 Å². The summed E-state index contributed by atoms with van der Waals surface area (Å²) in [5, 5.41) is 0.403. The lowest BCUT2D eigenvalue weighted by molar-refractivity contribution is 0.507. The lowest BCUT2D eigenvalue weighted by Gasteiger charge is -2.29. The average molecular weight is 774 g/mol. The number of aromatic nitrogens is 6. The zero-order chi connectivity index (χ0) is 39.5. The zero-order valence-corrected chi connectivity index (χ0v) is 33.1. The van der Waals surface area contributed by atoms with Crippen molar-refractivity contribution in [3.63, 3.8) is 0 Å². The molecule has 1 aliphatic rings. The summed E-state index contributed by atoms with van der Waals surface area (Å²) < 4.78 is 39.6. The molecule has 55 heavy (non-hydrogen) atoms. The Balaban J connectivity index is 0.000000158. The van der Waals surface area contributed by atoms with Gasteiger partial charge in [0, 0.05) is 64.9 Å². The average Bonchev–Trinajstić information content (AvgIpc) is 3.98. The van der Waals surface area contributed by atoms with Gasteiger partial charge in [-0.15, -0.1) is 0 Å². The van der Waals surface area contributed by atoms with Crippen molar-refractivity contribution >= 4 is 28.7 Å². The van der Waals surface area contributed by atoms with Crippen LogP contribution in [0.3, 0.4) is 0 Å². The summed E-state index contributed by atoms with van der Waals surface area (Å²) in [6.07, 6.45) is 14.1. The fraction of sp³-hybridized carbons (Fsp3) is 0.357. The Labute approximate surface area is 327 Å². The van der Waals surface area contributed by atoms with Crippen LogP contribution in [0.15, 0.2) is 92.2 Å². The summed E-state index contributed by atoms with van der Waals surface area (Å²) in [7, 11) is 0. The summed E-state index contributed by atoms with van der Waals surface area (Å²) in [6, 6.07) is 16.3. The minimum atomic E-state index is -0.831. The van der Waals surface area contributed by atoms with E-state index in [-0.39, 0.29) is 17.9 Å². The molecule has 0 bridgehead atoms. The third-order valence-electron chi connectivity index (χ3n) is 9.38. The predicted octanol–water partition coefficient (Wildman–Crippen LogP) is 10.0. The number of hydrogen-bond acceptors (Lipinski definition) is 6. The molecule has 13 heteroatoms. The minimum absolute atomic E-state index is 0.165. The fourth-order valence-electron chi connectivity index (χ4n) is 6.49. The molecule has 0 fully saturated rings. The number of halogens is 4. The van der Waals surface area contributed by atoms with Crippen LogP contribution in [0.1, 0.15) is 76.2 Å². The predicted molar refractivity (Wildman–Crippen MR) is 216 cm³/mol. The van der Waals surface area contributed by atoms with Crippen LogP contribution in [-0.2, 0) is 32.5 Å². The molecule has 0 radical (unpaired) electrons. The highest BCUT2D eigenvalue weighted by Crippen LogP contribution is 2.29. The SMILES string of the molecule is CC(C)N(Cc1cnc[nH]1)c1cc(F)cc(Cl)c1.CC(C)N(Cc1cnc[nH]1)c1ccc(F)c(F)c1.CC(C)N(Cc1cnc[nH]1)c1ccc2c(c1)CCC2. The van der Waals surface area contributed by atoms with Crippen molar-refractivity contribution < 1.29 is 13.2 Å². The molecule has 6 aromatic rings. The third-order valence-corrected chi connectivity index (χ3v) is 9.60. The van der Waals surface area contributed by atoms with Gasteiger partial charge in [0.2, 0.25) is 0 Å².